The third kappa shape index (κ3) is 7.67. The van der Waals surface area contributed by atoms with Gasteiger partial charge in [0, 0.05) is 51.6 Å². The quantitative estimate of drug-likeness (QED) is 0.103. The molecule has 4 aromatic carbocycles. The molecule has 2 fully saturated rings. The zero-order chi connectivity index (χ0) is 46.6. The first kappa shape index (κ1) is 43.9. The molecule has 1 spiro atoms. The first-order chi connectivity index (χ1) is 34.6. The van der Waals surface area contributed by atoms with Crippen molar-refractivity contribution in [3.8, 4) is 11.1 Å². The molecule has 0 amide bonds. The number of benzene rings is 4. The van der Waals surface area contributed by atoms with Crippen LogP contribution in [0.15, 0.2) is 197 Å². The van der Waals surface area contributed by atoms with E-state index in [0.29, 0.717) is 17.8 Å². The maximum Gasteiger partial charge on any atom is 0.0562 e. The molecular weight excluding hydrogens is 845 g/mol. The molecule has 0 aromatic heterocycles. The number of allylic oxidation sites excluding steroid dienone is 16. The minimum Gasteiger partial charge on any atom is -0.334 e. The first-order valence-electron chi connectivity index (χ1n) is 27.6. The van der Waals surface area contributed by atoms with E-state index in [4.69, 9.17) is 0 Å². The summed E-state index contributed by atoms with van der Waals surface area (Å²) in [6.07, 6.45) is 53.1. The van der Waals surface area contributed by atoms with E-state index in [0.717, 1.165) is 64.2 Å². The van der Waals surface area contributed by atoms with Gasteiger partial charge < -0.3 is 9.80 Å². The molecule has 4 atom stereocenters. The highest BCUT2D eigenvalue weighted by Crippen LogP contribution is 2.58. The molecule has 0 bridgehead atoms. The summed E-state index contributed by atoms with van der Waals surface area (Å²) in [4.78, 5) is 5.36. The van der Waals surface area contributed by atoms with Crippen molar-refractivity contribution in [1.29, 1.82) is 0 Å². The fourth-order valence-electron chi connectivity index (χ4n) is 14.7. The Morgan fingerprint density at radius 1 is 0.671 bits per heavy atom. The summed E-state index contributed by atoms with van der Waals surface area (Å²) in [6.45, 7) is 2.34. The van der Waals surface area contributed by atoms with Crippen LogP contribution in [0.5, 0.6) is 0 Å². The van der Waals surface area contributed by atoms with E-state index >= 15 is 0 Å². The summed E-state index contributed by atoms with van der Waals surface area (Å²) in [5.41, 5.74) is 25.3. The molecule has 2 heteroatoms. The summed E-state index contributed by atoms with van der Waals surface area (Å²) in [5.74, 6) is 1.62. The number of unbranched alkanes of at least 4 members (excludes halogenated alkanes) is 2. The second-order valence-electron chi connectivity index (χ2n) is 22.1. The molecule has 9 aliphatic carbocycles. The number of anilines is 3. The number of fused-ring (bicyclic) bond motifs is 10. The molecule has 13 rings (SSSR count). The van der Waals surface area contributed by atoms with Gasteiger partial charge in [-0.1, -0.05) is 166 Å². The maximum absolute atomic E-state index is 2.73. The standard InChI is InChI=1S/C68H70N2/c1-2-3-4-21-60-58-22-9-10-23-59(58)61-39-37-55(45-64(60)61)69(56-38-40-63-62-24-11-12-25-65(62)68(66(63)46-56)41-13-14-42-68)52-32-27-47(28-33-52)43-48-29-34-53(35-30-48)70(54-36-31-49-16-5-6-18-51(49)44-54)67-26-15-19-50-17-7-8-20-57(50)67/h6-7,9-12,15,17-18,22,24-29,31-34,36,38-40,44-46,50,55,59-60H,2-5,8,13-14,16,19-21,23,30,35,37,41-43H2,1H3. The van der Waals surface area contributed by atoms with Gasteiger partial charge in [-0.25, -0.2) is 0 Å². The molecular formula is C68H70N2. The van der Waals surface area contributed by atoms with Crippen molar-refractivity contribution in [2.24, 2.45) is 17.8 Å². The summed E-state index contributed by atoms with van der Waals surface area (Å²) in [5, 5.41) is 0. The molecule has 0 aliphatic heterocycles. The molecule has 4 unspecified atom stereocenters. The Labute approximate surface area is 418 Å². The van der Waals surface area contributed by atoms with Crippen molar-refractivity contribution in [2.45, 2.75) is 134 Å². The monoisotopic (exact) mass is 915 g/mol. The van der Waals surface area contributed by atoms with E-state index in [1.165, 1.54) is 113 Å². The maximum atomic E-state index is 2.73. The highest BCUT2D eigenvalue weighted by molar-refractivity contribution is 5.84. The Bertz CT molecular complexity index is 3030. The van der Waals surface area contributed by atoms with E-state index in [-0.39, 0.29) is 11.5 Å². The van der Waals surface area contributed by atoms with Gasteiger partial charge in [0.1, 0.15) is 0 Å². The number of aryl methyl sites for hydroxylation is 1. The molecule has 2 nitrogen and oxygen atoms in total. The Hall–Kier alpha value is -6.12. The molecule has 0 N–H and O–H groups in total. The lowest BCUT2D eigenvalue weighted by atomic mass is 9.76. The minimum atomic E-state index is 0.137. The lowest BCUT2D eigenvalue weighted by molar-refractivity contribution is 0.549. The molecule has 70 heavy (non-hydrogen) atoms. The van der Waals surface area contributed by atoms with Crippen LogP contribution in [0.1, 0.15) is 137 Å². The Morgan fingerprint density at radius 2 is 1.53 bits per heavy atom. The highest BCUT2D eigenvalue weighted by atomic mass is 15.2. The van der Waals surface area contributed by atoms with Crippen molar-refractivity contribution in [1.82, 2.24) is 0 Å². The molecule has 4 aromatic rings. The fourth-order valence-corrected chi connectivity index (χ4v) is 14.7. The number of hydrogen-bond donors (Lipinski definition) is 0. The van der Waals surface area contributed by atoms with Crippen LogP contribution in [-0.2, 0) is 18.3 Å². The number of hydrogen-bond acceptors (Lipinski definition) is 2. The van der Waals surface area contributed by atoms with E-state index in [1.807, 2.05) is 0 Å². The van der Waals surface area contributed by atoms with Crippen LogP contribution in [0, 0.1) is 17.8 Å². The number of rotatable bonds is 12. The minimum absolute atomic E-state index is 0.137. The van der Waals surface area contributed by atoms with E-state index in [2.05, 4.69) is 181 Å². The summed E-state index contributed by atoms with van der Waals surface area (Å²) < 4.78 is 0. The molecule has 0 heterocycles. The van der Waals surface area contributed by atoms with Gasteiger partial charge in [0.15, 0.2) is 0 Å². The first-order valence-corrected chi connectivity index (χ1v) is 27.6. The molecule has 2 saturated carbocycles. The van der Waals surface area contributed by atoms with Crippen LogP contribution in [0.2, 0.25) is 0 Å². The fraction of sp³-hybridized carbons (Fsp3) is 0.353. The SMILES string of the molecule is CCCCCC1C2=CC(N(c3ccc(CC4=CC=C(N(C5=C6CCC=CC6CC=C5)c5ccc6c(c5)C=CCC6)CC4)cc3)c3ccc4c(c3)C3(CCCC3)c3ccccc3-4)CC=C2C2CC=CC=C21. The van der Waals surface area contributed by atoms with Gasteiger partial charge in [0.25, 0.3) is 0 Å². The molecule has 0 radical (unpaired) electrons. The van der Waals surface area contributed by atoms with Crippen molar-refractivity contribution in [3.05, 3.63) is 225 Å². The van der Waals surface area contributed by atoms with Crippen LogP contribution < -0.4 is 9.80 Å². The summed E-state index contributed by atoms with van der Waals surface area (Å²) >= 11 is 0. The van der Waals surface area contributed by atoms with Crippen LogP contribution in [0.3, 0.4) is 0 Å². The van der Waals surface area contributed by atoms with Crippen molar-refractivity contribution >= 4 is 23.1 Å². The molecule has 9 aliphatic rings. The van der Waals surface area contributed by atoms with Crippen molar-refractivity contribution in [3.63, 3.8) is 0 Å². The van der Waals surface area contributed by atoms with Gasteiger partial charge in [0.2, 0.25) is 0 Å². The normalized spacial score (nSPS) is 24.2. The summed E-state index contributed by atoms with van der Waals surface area (Å²) in [6, 6.07) is 34.2. The van der Waals surface area contributed by atoms with Crippen LogP contribution in [0.4, 0.5) is 17.1 Å². The lowest BCUT2D eigenvalue weighted by Gasteiger charge is -2.36. The largest absolute Gasteiger partial charge is 0.334 e. The van der Waals surface area contributed by atoms with Gasteiger partial charge in [0.05, 0.1) is 6.04 Å². The van der Waals surface area contributed by atoms with E-state index < -0.39 is 0 Å². The average molecular weight is 915 g/mol. The molecule has 0 saturated heterocycles. The van der Waals surface area contributed by atoms with Crippen LogP contribution >= 0.6 is 0 Å². The van der Waals surface area contributed by atoms with Gasteiger partial charge in [-0.15, -0.1) is 0 Å². The topological polar surface area (TPSA) is 6.48 Å². The second kappa shape index (κ2) is 18.6. The van der Waals surface area contributed by atoms with Gasteiger partial charge >= 0.3 is 0 Å². The lowest BCUT2D eigenvalue weighted by Crippen LogP contribution is -2.32. The van der Waals surface area contributed by atoms with E-state index in [1.54, 1.807) is 33.4 Å². The van der Waals surface area contributed by atoms with Crippen molar-refractivity contribution < 1.29 is 0 Å². The Kier molecular flexibility index (Phi) is 11.6. The van der Waals surface area contributed by atoms with Gasteiger partial charge in [-0.2, -0.15) is 0 Å². The predicted octanol–water partition coefficient (Wildman–Crippen LogP) is 17.8. The third-order valence-corrected chi connectivity index (χ3v) is 18.1. The number of nitrogens with zero attached hydrogens (tertiary/aromatic N) is 2. The van der Waals surface area contributed by atoms with E-state index in [9.17, 15) is 0 Å². The summed E-state index contributed by atoms with van der Waals surface area (Å²) in [7, 11) is 0. The molecule has 352 valence electrons. The smallest absolute Gasteiger partial charge is 0.0562 e. The van der Waals surface area contributed by atoms with Crippen LogP contribution in [0.25, 0.3) is 17.2 Å². The predicted molar refractivity (Wildman–Crippen MR) is 295 cm³/mol. The van der Waals surface area contributed by atoms with Gasteiger partial charge in [-0.05, 0) is 188 Å². The third-order valence-electron chi connectivity index (χ3n) is 18.1. The zero-order valence-corrected chi connectivity index (χ0v) is 41.5. The van der Waals surface area contributed by atoms with Crippen molar-refractivity contribution in [2.75, 3.05) is 9.80 Å². The van der Waals surface area contributed by atoms with Gasteiger partial charge in [-0.3, -0.25) is 0 Å². The Balaban J connectivity index is 0.831. The second-order valence-corrected chi connectivity index (χ2v) is 22.1. The average Bonchev–Trinajstić information content (AvgIpc) is 4.11. The zero-order valence-electron chi connectivity index (χ0n) is 41.5. The highest BCUT2D eigenvalue weighted by Gasteiger charge is 2.46. The Morgan fingerprint density at radius 3 is 2.41 bits per heavy atom. The van der Waals surface area contributed by atoms with Crippen LogP contribution in [-0.4, -0.2) is 6.04 Å².